The van der Waals surface area contributed by atoms with Crippen molar-refractivity contribution >= 4 is 21.6 Å². The van der Waals surface area contributed by atoms with Crippen LogP contribution in [-0.2, 0) is 17.1 Å². The van der Waals surface area contributed by atoms with Crippen molar-refractivity contribution in [1.82, 2.24) is 9.29 Å². The number of amides is 1. The molecule has 1 aromatic carbocycles. The van der Waals surface area contributed by atoms with Gasteiger partial charge in [-0.15, -0.1) is 0 Å². The van der Waals surface area contributed by atoms with Crippen molar-refractivity contribution in [2.24, 2.45) is 13.0 Å². The van der Waals surface area contributed by atoms with Crippen molar-refractivity contribution in [2.75, 3.05) is 11.9 Å². The lowest BCUT2D eigenvalue weighted by molar-refractivity contribution is 0.0837. The molecule has 0 radical (unpaired) electrons. The third-order valence-electron chi connectivity index (χ3n) is 5.03. The molecule has 3 N–H and O–H groups in total. The number of carbonyl (C=O) groups is 1. The smallest absolute Gasteiger partial charge is 0.276 e. The van der Waals surface area contributed by atoms with Gasteiger partial charge in [0.05, 0.1) is 24.3 Å². The van der Waals surface area contributed by atoms with E-state index in [1.807, 2.05) is 13.8 Å². The summed E-state index contributed by atoms with van der Waals surface area (Å²) in [6, 6.07) is 6.13. The van der Waals surface area contributed by atoms with Gasteiger partial charge in [-0.25, -0.2) is 13.1 Å². The zero-order chi connectivity index (χ0) is 22.2. The minimum Gasteiger partial charge on any atom is -0.484 e. The predicted molar refractivity (Wildman–Crippen MR) is 110 cm³/mol. The van der Waals surface area contributed by atoms with E-state index in [0.717, 1.165) is 5.56 Å². The van der Waals surface area contributed by atoms with Gasteiger partial charge in [-0.05, 0) is 30.5 Å². The zero-order valence-electron chi connectivity index (χ0n) is 17.1. The Morgan fingerprint density at radius 3 is 2.73 bits per heavy atom. The number of nitrogens with zero attached hydrogens (tertiary/aromatic N) is 2. The number of aryl methyl sites for hydroxylation is 2. The zero-order valence-corrected chi connectivity index (χ0v) is 17.9. The van der Waals surface area contributed by atoms with Gasteiger partial charge in [-0.2, -0.15) is 5.26 Å². The third kappa shape index (κ3) is 3.92. The minimum atomic E-state index is -4.01. The van der Waals surface area contributed by atoms with Crippen molar-refractivity contribution in [3.8, 4) is 11.8 Å². The second-order valence-corrected chi connectivity index (χ2v) is 9.30. The first-order chi connectivity index (χ1) is 14.1. The van der Waals surface area contributed by atoms with Crippen molar-refractivity contribution in [3.63, 3.8) is 0 Å². The molecule has 0 bridgehead atoms. The number of benzene rings is 1. The highest BCUT2D eigenvalue weighted by Gasteiger charge is 2.40. The first-order valence-corrected chi connectivity index (χ1v) is 10.9. The Morgan fingerprint density at radius 2 is 2.13 bits per heavy atom. The molecule has 1 aliphatic heterocycles. The van der Waals surface area contributed by atoms with Gasteiger partial charge in [0.2, 0.25) is 10.0 Å². The van der Waals surface area contributed by atoms with Crippen LogP contribution in [0.5, 0.6) is 5.75 Å². The van der Waals surface area contributed by atoms with Crippen molar-refractivity contribution in [1.29, 1.82) is 5.26 Å². The van der Waals surface area contributed by atoms with Crippen LogP contribution < -0.4 is 14.8 Å². The van der Waals surface area contributed by atoms with E-state index in [2.05, 4.69) is 16.1 Å². The van der Waals surface area contributed by atoms with Gasteiger partial charge in [-0.3, -0.25) is 4.79 Å². The average Bonchev–Trinajstić information content (AvgIpc) is 2.97. The van der Waals surface area contributed by atoms with Gasteiger partial charge in [0.25, 0.3) is 5.91 Å². The summed E-state index contributed by atoms with van der Waals surface area (Å²) in [6.45, 7) is 5.02. The standard InChI is InChI=1S/C20H24N4O5S/c1-11(2)18-15(10-25)23-30(27,28)16-9-24(4)17(19(16)29-18)20(26)22-14-6-5-12(3)13(7-14)8-21/h5-7,9,11,15,18,23,25H,10H2,1-4H3,(H,22,26)/t15-,18-/m1/s1. The van der Waals surface area contributed by atoms with Crippen LogP contribution in [0.1, 0.15) is 35.5 Å². The molecule has 1 aromatic heterocycles. The SMILES string of the molecule is Cc1ccc(NC(=O)c2c3c(cn2C)S(=O)(=O)N[C@H](CO)[C@@H](C(C)C)O3)cc1C#N. The summed E-state index contributed by atoms with van der Waals surface area (Å²) in [5.41, 5.74) is 1.63. The Labute approximate surface area is 175 Å². The van der Waals surface area contributed by atoms with Gasteiger partial charge >= 0.3 is 0 Å². The minimum absolute atomic E-state index is 0.0266. The number of nitriles is 1. The molecular formula is C20H24N4O5S. The summed E-state index contributed by atoms with van der Waals surface area (Å²) in [4.78, 5) is 12.9. The molecule has 10 heteroatoms. The van der Waals surface area contributed by atoms with E-state index in [0.29, 0.717) is 11.3 Å². The topological polar surface area (TPSA) is 133 Å². The summed E-state index contributed by atoms with van der Waals surface area (Å²) in [5, 5.41) is 21.6. The number of aliphatic hydroxyl groups excluding tert-OH is 1. The number of nitrogens with one attached hydrogen (secondary N) is 2. The molecule has 0 unspecified atom stereocenters. The Balaban J connectivity index is 2.05. The number of sulfonamides is 1. The van der Waals surface area contributed by atoms with Gasteiger partial charge in [0, 0.05) is 18.9 Å². The summed E-state index contributed by atoms with van der Waals surface area (Å²) >= 11 is 0. The average molecular weight is 433 g/mol. The van der Waals surface area contributed by atoms with Crippen molar-refractivity contribution in [3.05, 3.63) is 41.2 Å². The third-order valence-corrected chi connectivity index (χ3v) is 6.52. The Kier molecular flexibility index (Phi) is 5.90. The van der Waals surface area contributed by atoms with Crippen LogP contribution in [0.4, 0.5) is 5.69 Å². The van der Waals surface area contributed by atoms with Crippen molar-refractivity contribution in [2.45, 2.75) is 37.8 Å². The van der Waals surface area contributed by atoms with E-state index in [1.54, 1.807) is 32.2 Å². The van der Waals surface area contributed by atoms with Gasteiger partial charge in [0.15, 0.2) is 11.4 Å². The number of fused-ring (bicyclic) bond motifs is 1. The molecule has 2 aromatic rings. The summed E-state index contributed by atoms with van der Waals surface area (Å²) in [7, 11) is -2.46. The maximum Gasteiger partial charge on any atom is 0.276 e. The largest absolute Gasteiger partial charge is 0.484 e. The highest BCUT2D eigenvalue weighted by molar-refractivity contribution is 7.89. The Bertz CT molecular complexity index is 1130. The Morgan fingerprint density at radius 1 is 1.43 bits per heavy atom. The molecular weight excluding hydrogens is 408 g/mol. The lowest BCUT2D eigenvalue weighted by Gasteiger charge is -2.27. The van der Waals surface area contributed by atoms with Crippen LogP contribution in [-0.4, -0.2) is 42.8 Å². The highest BCUT2D eigenvalue weighted by Crippen LogP contribution is 2.35. The first kappa shape index (κ1) is 21.8. The van der Waals surface area contributed by atoms with Gasteiger partial charge in [0.1, 0.15) is 11.0 Å². The second kappa shape index (κ2) is 8.10. The molecule has 1 aliphatic rings. The monoisotopic (exact) mass is 432 g/mol. The van der Waals surface area contributed by atoms with E-state index in [1.165, 1.54) is 10.8 Å². The molecule has 160 valence electrons. The quantitative estimate of drug-likeness (QED) is 0.671. The highest BCUT2D eigenvalue weighted by atomic mass is 32.2. The van der Waals surface area contributed by atoms with E-state index < -0.39 is 34.7 Å². The molecule has 0 aliphatic carbocycles. The molecule has 0 saturated heterocycles. The van der Waals surface area contributed by atoms with Crippen LogP contribution in [0.2, 0.25) is 0 Å². The number of hydrogen-bond acceptors (Lipinski definition) is 6. The molecule has 0 fully saturated rings. The van der Waals surface area contributed by atoms with Crippen LogP contribution >= 0.6 is 0 Å². The maximum absolute atomic E-state index is 13.0. The number of rotatable bonds is 4. The summed E-state index contributed by atoms with van der Waals surface area (Å²) in [6.07, 6.45) is 0.629. The van der Waals surface area contributed by atoms with E-state index >= 15 is 0 Å². The summed E-state index contributed by atoms with van der Waals surface area (Å²) < 4.78 is 35.5. The number of hydrogen-bond donors (Lipinski definition) is 3. The normalized spacial score (nSPS) is 20.0. The first-order valence-electron chi connectivity index (χ1n) is 9.40. The van der Waals surface area contributed by atoms with E-state index in [9.17, 15) is 23.6 Å². The molecule has 30 heavy (non-hydrogen) atoms. The van der Waals surface area contributed by atoms with E-state index in [4.69, 9.17) is 4.74 Å². The summed E-state index contributed by atoms with van der Waals surface area (Å²) in [5.74, 6) is -0.779. The number of anilines is 1. The predicted octanol–water partition coefficient (Wildman–Crippen LogP) is 1.51. The molecule has 0 spiro atoms. The number of aromatic nitrogens is 1. The molecule has 1 amide bonds. The van der Waals surface area contributed by atoms with Gasteiger partial charge in [-0.1, -0.05) is 19.9 Å². The van der Waals surface area contributed by atoms with Crippen LogP contribution in [0.25, 0.3) is 0 Å². The molecule has 9 nitrogen and oxygen atoms in total. The molecule has 2 atom stereocenters. The van der Waals surface area contributed by atoms with E-state index in [-0.39, 0.29) is 22.3 Å². The molecule has 0 saturated carbocycles. The maximum atomic E-state index is 13.0. The van der Waals surface area contributed by atoms with Crippen LogP contribution in [0.3, 0.4) is 0 Å². The van der Waals surface area contributed by atoms with Crippen LogP contribution in [0.15, 0.2) is 29.3 Å². The second-order valence-electron chi connectivity index (χ2n) is 7.61. The Hall–Kier alpha value is -2.87. The van der Waals surface area contributed by atoms with Crippen LogP contribution in [0, 0.1) is 24.2 Å². The lowest BCUT2D eigenvalue weighted by Crippen LogP contribution is -2.48. The van der Waals surface area contributed by atoms with Crippen molar-refractivity contribution < 1.29 is 23.1 Å². The molecule has 2 heterocycles. The number of carbonyl (C=O) groups excluding carboxylic acids is 1. The van der Waals surface area contributed by atoms with Gasteiger partial charge < -0.3 is 19.7 Å². The number of aliphatic hydroxyl groups is 1. The number of ether oxygens (including phenoxy) is 1. The fourth-order valence-corrected chi connectivity index (χ4v) is 4.86. The lowest BCUT2D eigenvalue weighted by atomic mass is 10.0. The fourth-order valence-electron chi connectivity index (χ4n) is 3.44. The molecule has 3 rings (SSSR count). The fraction of sp³-hybridized carbons (Fsp3) is 0.400.